The average Bonchev–Trinajstić information content (AvgIpc) is 2.73. The van der Waals surface area contributed by atoms with Gasteiger partial charge in [0.05, 0.1) is 26.4 Å². The van der Waals surface area contributed by atoms with Crippen molar-refractivity contribution in [1.29, 1.82) is 0 Å². The molecule has 0 fully saturated rings. The Balaban J connectivity index is 3.72. The predicted octanol–water partition coefficient (Wildman–Crippen LogP) is -0.900. The van der Waals surface area contributed by atoms with E-state index in [0.29, 0.717) is 12.6 Å². The number of ether oxygens (including phenoxy) is 2. The van der Waals surface area contributed by atoms with Crippen molar-refractivity contribution < 1.29 is 47.2 Å². The van der Waals surface area contributed by atoms with Gasteiger partial charge in [0.15, 0.2) is 0 Å². The molecule has 0 aromatic rings. The van der Waals surface area contributed by atoms with E-state index in [1.807, 2.05) is 0 Å². The number of aldehydes is 2. The Morgan fingerprint density at radius 1 is 1.06 bits per heavy atom. The van der Waals surface area contributed by atoms with Crippen LogP contribution in [0, 0.1) is 5.92 Å². The fraction of sp³-hybridized carbons (Fsp3) is 0.733. The molecular weight excluding hydrogens is 441 g/mol. The van der Waals surface area contributed by atoms with Crippen LogP contribution in [0.1, 0.15) is 6.42 Å². The number of rotatable bonds is 20. The number of carbonyl (C=O) groups is 4. The molecule has 31 heavy (non-hydrogen) atoms. The minimum absolute atomic E-state index is 0.0623. The summed E-state index contributed by atoms with van der Waals surface area (Å²) in [4.78, 5) is 55.9. The van der Waals surface area contributed by atoms with E-state index >= 15 is 0 Å². The van der Waals surface area contributed by atoms with Gasteiger partial charge in [-0.15, -0.1) is 0 Å². The van der Waals surface area contributed by atoms with E-state index in [1.54, 1.807) is 0 Å². The largest absolute Gasteiger partial charge is 0.472 e. The lowest BCUT2D eigenvalue weighted by molar-refractivity contribution is -0.126. The van der Waals surface area contributed by atoms with Crippen molar-refractivity contribution in [3.63, 3.8) is 0 Å². The van der Waals surface area contributed by atoms with Gasteiger partial charge in [0.1, 0.15) is 25.8 Å². The van der Waals surface area contributed by atoms with Crippen LogP contribution in [0.4, 0.5) is 0 Å². The fourth-order valence-corrected chi connectivity index (χ4v) is 2.49. The Morgan fingerprint density at radius 3 is 2.26 bits per heavy atom. The maximum atomic E-state index is 11.6. The van der Waals surface area contributed by atoms with Crippen LogP contribution in [0.3, 0.4) is 0 Å². The van der Waals surface area contributed by atoms with Gasteiger partial charge in [-0.3, -0.25) is 18.6 Å². The summed E-state index contributed by atoms with van der Waals surface area (Å²) in [6, 6.07) is 0. The van der Waals surface area contributed by atoms with Crippen molar-refractivity contribution >= 4 is 32.2 Å². The second kappa shape index (κ2) is 18.4. The zero-order valence-corrected chi connectivity index (χ0v) is 17.6. The summed E-state index contributed by atoms with van der Waals surface area (Å²) in [5.74, 6) is -1.76. The summed E-state index contributed by atoms with van der Waals surface area (Å²) >= 11 is 0. The molecule has 0 heterocycles. The number of nitrogens with one attached hydrogen (secondary N) is 2. The first-order valence-electron chi connectivity index (χ1n) is 9.05. The highest BCUT2D eigenvalue weighted by Crippen LogP contribution is 2.43. The van der Waals surface area contributed by atoms with Crippen molar-refractivity contribution in [2.45, 2.75) is 6.42 Å². The van der Waals surface area contributed by atoms with Crippen LogP contribution in [0.5, 0.6) is 0 Å². The van der Waals surface area contributed by atoms with Gasteiger partial charge in [0, 0.05) is 36.9 Å². The minimum Gasteiger partial charge on any atom is -0.372 e. The molecule has 0 rings (SSSR count). The number of carbonyl (C=O) groups excluding carboxylic acids is 4. The van der Waals surface area contributed by atoms with E-state index in [1.165, 1.54) is 0 Å². The van der Waals surface area contributed by atoms with Crippen LogP contribution in [0.15, 0.2) is 5.11 Å². The molecule has 0 saturated carbocycles. The minimum atomic E-state index is -4.43. The summed E-state index contributed by atoms with van der Waals surface area (Å²) in [5.41, 5.74) is 8.06. The first-order valence-corrected chi connectivity index (χ1v) is 10.5. The molecular formula is C15H26N5O10P. The first kappa shape index (κ1) is 28.6. The van der Waals surface area contributed by atoms with Gasteiger partial charge in [-0.25, -0.2) is 4.57 Å². The highest BCUT2D eigenvalue weighted by molar-refractivity contribution is 7.47. The smallest absolute Gasteiger partial charge is 0.372 e. The first-order chi connectivity index (χ1) is 14.8. The van der Waals surface area contributed by atoms with Crippen LogP contribution < -0.4 is 10.6 Å². The summed E-state index contributed by atoms with van der Waals surface area (Å²) < 4.78 is 30.8. The van der Waals surface area contributed by atoms with Crippen LogP contribution in [0.2, 0.25) is 0 Å². The predicted molar refractivity (Wildman–Crippen MR) is 104 cm³/mol. The van der Waals surface area contributed by atoms with E-state index in [4.69, 9.17) is 15.0 Å². The maximum Gasteiger partial charge on any atom is 0.472 e. The quantitative estimate of drug-likeness (QED) is 0.0500. The average molecular weight is 467 g/mol. The zero-order valence-electron chi connectivity index (χ0n) is 16.7. The third-order valence-electron chi connectivity index (χ3n) is 3.16. The molecule has 0 radical (unpaired) electrons. The van der Waals surface area contributed by atoms with Crippen LogP contribution in [0.25, 0.3) is 10.4 Å². The van der Waals surface area contributed by atoms with Crippen LogP contribution >= 0.6 is 7.82 Å². The third kappa shape index (κ3) is 18.1. The molecule has 16 heteroatoms. The molecule has 176 valence electrons. The van der Waals surface area contributed by atoms with Gasteiger partial charge in [-0.2, -0.15) is 0 Å². The Bertz CT molecular complexity index is 658. The van der Waals surface area contributed by atoms with Crippen LogP contribution in [-0.2, 0) is 42.3 Å². The monoisotopic (exact) mass is 467 g/mol. The summed E-state index contributed by atoms with van der Waals surface area (Å²) in [5, 5.41) is 8.10. The lowest BCUT2D eigenvalue weighted by atomic mass is 10.1. The molecule has 0 saturated heterocycles. The van der Waals surface area contributed by atoms with Gasteiger partial charge in [-0.05, 0) is 5.53 Å². The molecule has 0 spiro atoms. The van der Waals surface area contributed by atoms with Crippen molar-refractivity contribution in [2.75, 3.05) is 59.3 Å². The molecule has 0 aliphatic carbocycles. The van der Waals surface area contributed by atoms with Gasteiger partial charge in [0.2, 0.25) is 11.8 Å². The Labute approximate surface area is 178 Å². The molecule has 0 aromatic carbocycles. The van der Waals surface area contributed by atoms with Crippen LogP contribution in [-0.4, -0.2) is 88.6 Å². The number of azide groups is 1. The summed E-state index contributed by atoms with van der Waals surface area (Å²) in [7, 11) is -4.43. The lowest BCUT2D eigenvalue weighted by Crippen LogP contribution is -2.33. The second-order valence-corrected chi connectivity index (χ2v) is 7.11. The zero-order chi connectivity index (χ0) is 23.4. The van der Waals surface area contributed by atoms with Gasteiger partial charge < -0.3 is 34.6 Å². The molecule has 0 aromatic heterocycles. The van der Waals surface area contributed by atoms with Crippen molar-refractivity contribution in [3.05, 3.63) is 10.4 Å². The number of hydrogen-bond donors (Lipinski definition) is 3. The van der Waals surface area contributed by atoms with Gasteiger partial charge >= 0.3 is 7.82 Å². The SMILES string of the molecule is [N-]=[N+]=NCCOCC(=O)NCCOCC(=O)NCCOP(=O)(O)OCC(C=O)CC=O. The van der Waals surface area contributed by atoms with E-state index in [2.05, 4.69) is 29.7 Å². The maximum absolute atomic E-state index is 11.6. The summed E-state index contributed by atoms with van der Waals surface area (Å²) in [6.45, 7) is -0.953. The number of amides is 2. The number of phosphoric ester groups is 1. The Hall–Kier alpha value is -2.38. The Morgan fingerprint density at radius 2 is 1.68 bits per heavy atom. The summed E-state index contributed by atoms with van der Waals surface area (Å²) in [6.07, 6.45) is 0.778. The lowest BCUT2D eigenvalue weighted by Gasteiger charge is -2.14. The van der Waals surface area contributed by atoms with Gasteiger partial charge in [-0.1, -0.05) is 5.11 Å². The number of phosphoric acid groups is 1. The van der Waals surface area contributed by atoms with Crippen molar-refractivity contribution in [1.82, 2.24) is 10.6 Å². The number of nitrogens with zero attached hydrogens (tertiary/aromatic N) is 3. The molecule has 2 atom stereocenters. The van der Waals surface area contributed by atoms with E-state index in [-0.39, 0.29) is 59.1 Å². The highest BCUT2D eigenvalue weighted by atomic mass is 31.2. The molecule has 2 amide bonds. The molecule has 2 unspecified atom stereocenters. The molecule has 15 nitrogen and oxygen atoms in total. The second-order valence-electron chi connectivity index (χ2n) is 5.66. The fourth-order valence-electron chi connectivity index (χ4n) is 1.71. The normalized spacial score (nSPS) is 13.3. The van der Waals surface area contributed by atoms with E-state index in [0.717, 1.165) is 0 Å². The van der Waals surface area contributed by atoms with E-state index < -0.39 is 32.2 Å². The standard InChI is InChI=1S/C15H26N5O10P/c16-20-19-4-7-28-12-14(23)17-2-6-27-11-15(24)18-3-8-29-31(25,26)30-10-13(9-22)1-5-21/h5,9,13H,1-4,6-8,10-12H2,(H,17,23)(H,18,24)(H,25,26). The molecule has 0 aliphatic rings. The number of hydrogen-bond acceptors (Lipinski definition) is 10. The molecule has 3 N–H and O–H groups in total. The third-order valence-corrected chi connectivity index (χ3v) is 4.14. The van der Waals surface area contributed by atoms with Crippen molar-refractivity contribution in [2.24, 2.45) is 11.0 Å². The topological polar surface area (TPSA) is 215 Å². The van der Waals surface area contributed by atoms with E-state index in [9.17, 15) is 28.6 Å². The van der Waals surface area contributed by atoms with Gasteiger partial charge in [0.25, 0.3) is 0 Å². The van der Waals surface area contributed by atoms with Crippen molar-refractivity contribution in [3.8, 4) is 0 Å². The Kier molecular flexibility index (Phi) is 17.0. The molecule has 0 bridgehead atoms. The molecule has 0 aliphatic heterocycles. The highest BCUT2D eigenvalue weighted by Gasteiger charge is 2.23.